The minimum absolute atomic E-state index is 0.0557. The van der Waals surface area contributed by atoms with Gasteiger partial charge in [-0.3, -0.25) is 0 Å². The molecule has 0 aliphatic heterocycles. The molecule has 0 bridgehead atoms. The smallest absolute Gasteiger partial charge is 0.219 e. The number of halogens is 1. The summed E-state index contributed by atoms with van der Waals surface area (Å²) >= 11 is 7.48. The van der Waals surface area contributed by atoms with Gasteiger partial charge in [0.2, 0.25) is 9.84 Å². The lowest BCUT2D eigenvalue weighted by atomic mass is 10.1. The molecular formula is C24H21ClN2O3S2. The monoisotopic (exact) mass is 484 g/mol. The van der Waals surface area contributed by atoms with Crippen molar-refractivity contribution < 1.29 is 13.2 Å². The average molecular weight is 485 g/mol. The number of allylic oxidation sites excluding steroid dienone is 1. The number of aryl methyl sites for hydroxylation is 1. The molecule has 0 heterocycles. The van der Waals surface area contributed by atoms with Gasteiger partial charge in [0.25, 0.3) is 0 Å². The van der Waals surface area contributed by atoms with E-state index in [9.17, 15) is 13.7 Å². The molecule has 0 aromatic heterocycles. The minimum atomic E-state index is -4.03. The molecule has 0 radical (unpaired) electrons. The summed E-state index contributed by atoms with van der Waals surface area (Å²) in [5.74, 6) is 0.974. The highest BCUT2D eigenvalue weighted by Crippen LogP contribution is 2.34. The number of anilines is 1. The van der Waals surface area contributed by atoms with Gasteiger partial charge in [-0.1, -0.05) is 54.1 Å². The van der Waals surface area contributed by atoms with Crippen molar-refractivity contribution in [2.24, 2.45) is 0 Å². The van der Waals surface area contributed by atoms with Gasteiger partial charge in [-0.15, -0.1) is 11.8 Å². The molecule has 0 saturated carbocycles. The van der Waals surface area contributed by atoms with Crippen molar-refractivity contribution in [3.05, 3.63) is 98.9 Å². The van der Waals surface area contributed by atoms with E-state index in [2.05, 4.69) is 5.32 Å². The molecule has 0 aliphatic rings. The molecule has 5 nitrogen and oxygen atoms in total. The van der Waals surface area contributed by atoms with Crippen LogP contribution in [0.3, 0.4) is 0 Å². The predicted molar refractivity (Wildman–Crippen MR) is 130 cm³/mol. The first-order chi connectivity index (χ1) is 15.4. The van der Waals surface area contributed by atoms with E-state index in [-0.39, 0.29) is 14.8 Å². The Bertz CT molecular complexity index is 1280. The first kappa shape index (κ1) is 23.7. The Labute approximate surface area is 197 Å². The Hall–Kier alpha value is -2.92. The van der Waals surface area contributed by atoms with Gasteiger partial charge in [0, 0.05) is 11.4 Å². The number of nitriles is 1. The molecule has 8 heteroatoms. The molecule has 3 aromatic carbocycles. The number of nitrogens with one attached hydrogen (secondary N) is 1. The lowest BCUT2D eigenvalue weighted by Gasteiger charge is -2.15. The Morgan fingerprint density at radius 1 is 1.09 bits per heavy atom. The number of nitrogens with zero attached hydrogens (tertiary/aromatic N) is 1. The summed E-state index contributed by atoms with van der Waals surface area (Å²) < 4.78 is 31.7. The maximum atomic E-state index is 13.3. The van der Waals surface area contributed by atoms with Gasteiger partial charge in [0.05, 0.1) is 17.0 Å². The largest absolute Gasteiger partial charge is 0.495 e. The molecular weight excluding hydrogens is 464 g/mol. The van der Waals surface area contributed by atoms with Crippen LogP contribution < -0.4 is 10.1 Å². The number of sulfone groups is 1. The molecule has 0 spiro atoms. The highest BCUT2D eigenvalue weighted by atomic mass is 35.5. The molecule has 164 valence electrons. The van der Waals surface area contributed by atoms with Crippen LogP contribution in [0.1, 0.15) is 11.1 Å². The van der Waals surface area contributed by atoms with E-state index < -0.39 is 9.84 Å². The van der Waals surface area contributed by atoms with Crippen molar-refractivity contribution in [3.63, 3.8) is 0 Å². The quantitative estimate of drug-likeness (QED) is 0.385. The van der Waals surface area contributed by atoms with E-state index in [1.807, 2.05) is 37.3 Å². The lowest BCUT2D eigenvalue weighted by Crippen LogP contribution is -2.10. The Morgan fingerprint density at radius 2 is 1.78 bits per heavy atom. The zero-order valence-corrected chi connectivity index (χ0v) is 19.9. The van der Waals surface area contributed by atoms with Crippen molar-refractivity contribution >= 4 is 38.9 Å². The van der Waals surface area contributed by atoms with E-state index in [0.717, 1.165) is 11.1 Å². The molecule has 0 fully saturated rings. The fourth-order valence-electron chi connectivity index (χ4n) is 2.91. The van der Waals surface area contributed by atoms with Crippen LogP contribution >= 0.6 is 23.4 Å². The van der Waals surface area contributed by atoms with Crippen molar-refractivity contribution in [3.8, 4) is 11.8 Å². The van der Waals surface area contributed by atoms with Crippen molar-refractivity contribution in [1.29, 1.82) is 5.26 Å². The van der Waals surface area contributed by atoms with Crippen LogP contribution in [-0.4, -0.2) is 15.5 Å². The molecule has 3 rings (SSSR count). The number of hydrogen-bond acceptors (Lipinski definition) is 6. The van der Waals surface area contributed by atoms with Crippen LogP contribution in [0.5, 0.6) is 5.75 Å². The number of benzene rings is 3. The van der Waals surface area contributed by atoms with E-state index in [0.29, 0.717) is 22.2 Å². The normalized spacial score (nSPS) is 11.9. The molecule has 3 aromatic rings. The molecule has 0 saturated heterocycles. The van der Waals surface area contributed by atoms with E-state index in [4.69, 9.17) is 16.3 Å². The summed E-state index contributed by atoms with van der Waals surface area (Å²) in [4.78, 5) is -0.297. The number of rotatable bonds is 8. The second-order valence-corrected chi connectivity index (χ2v) is 10.1. The first-order valence-electron chi connectivity index (χ1n) is 9.59. The van der Waals surface area contributed by atoms with Crippen molar-refractivity contribution in [2.75, 3.05) is 12.4 Å². The maximum Gasteiger partial charge on any atom is 0.219 e. The molecule has 0 unspecified atom stereocenters. The zero-order chi connectivity index (χ0) is 23.1. The fraction of sp³-hybridized carbons (Fsp3) is 0.125. The van der Waals surface area contributed by atoms with Crippen LogP contribution in [0, 0.1) is 18.3 Å². The van der Waals surface area contributed by atoms with Crippen molar-refractivity contribution in [2.45, 2.75) is 17.6 Å². The van der Waals surface area contributed by atoms with Gasteiger partial charge in [-0.2, -0.15) is 5.26 Å². The predicted octanol–water partition coefficient (Wildman–Crippen LogP) is 6.17. The van der Waals surface area contributed by atoms with Gasteiger partial charge >= 0.3 is 0 Å². The number of hydrogen-bond donors (Lipinski definition) is 1. The molecule has 1 N–H and O–H groups in total. The summed E-state index contributed by atoms with van der Waals surface area (Å²) in [7, 11) is -2.52. The summed E-state index contributed by atoms with van der Waals surface area (Å²) in [6, 6.07) is 22.7. The van der Waals surface area contributed by atoms with E-state index in [1.54, 1.807) is 36.4 Å². The fourth-order valence-corrected chi connectivity index (χ4v) is 5.83. The van der Waals surface area contributed by atoms with Gasteiger partial charge in [0.1, 0.15) is 16.8 Å². The molecule has 0 atom stereocenters. The van der Waals surface area contributed by atoms with Crippen LogP contribution in [-0.2, 0) is 15.6 Å². The van der Waals surface area contributed by atoms with Gasteiger partial charge in [-0.25, -0.2) is 8.42 Å². The molecule has 0 amide bonds. The Kier molecular flexibility index (Phi) is 7.86. The van der Waals surface area contributed by atoms with E-state index >= 15 is 0 Å². The number of methoxy groups -OCH3 is 1. The summed E-state index contributed by atoms with van der Waals surface area (Å²) in [6.45, 7) is 1.99. The second-order valence-electron chi connectivity index (χ2n) is 6.78. The highest BCUT2D eigenvalue weighted by molar-refractivity contribution is 8.04. The second kappa shape index (κ2) is 10.6. The standard InChI is InChI=1S/C24H21ClN2O3S2/c1-17-8-6-7-9-18(17)16-31-24(27-19-12-13-22(30-2)21(25)14-19)23(15-26)32(28,29)20-10-4-3-5-11-20/h3-14,27H,16H2,1-2H3. The first-order valence-corrected chi connectivity index (χ1v) is 12.4. The Morgan fingerprint density at radius 3 is 2.41 bits per heavy atom. The third kappa shape index (κ3) is 5.46. The third-order valence-corrected chi connectivity index (χ3v) is 7.87. The molecule has 0 aliphatic carbocycles. The van der Waals surface area contributed by atoms with Crippen LogP contribution in [0.4, 0.5) is 5.69 Å². The van der Waals surface area contributed by atoms with Gasteiger partial charge in [0.15, 0.2) is 4.91 Å². The van der Waals surface area contributed by atoms with Gasteiger partial charge in [-0.05, 0) is 48.4 Å². The lowest BCUT2D eigenvalue weighted by molar-refractivity contribution is 0.415. The Balaban J connectivity index is 2.06. The minimum Gasteiger partial charge on any atom is -0.495 e. The van der Waals surface area contributed by atoms with Gasteiger partial charge < -0.3 is 10.1 Å². The SMILES string of the molecule is COc1ccc(NC(SCc2ccccc2C)=C(C#N)S(=O)(=O)c2ccccc2)cc1Cl. The summed E-state index contributed by atoms with van der Waals surface area (Å²) in [5.41, 5.74) is 2.66. The topological polar surface area (TPSA) is 79.2 Å². The van der Waals surface area contributed by atoms with Crippen LogP contribution in [0.2, 0.25) is 5.02 Å². The van der Waals surface area contributed by atoms with Crippen LogP contribution in [0.15, 0.2) is 87.6 Å². The average Bonchev–Trinajstić information content (AvgIpc) is 2.79. The summed E-state index contributed by atoms with van der Waals surface area (Å²) in [6.07, 6.45) is 0. The zero-order valence-electron chi connectivity index (χ0n) is 17.5. The number of ether oxygens (including phenoxy) is 1. The third-order valence-electron chi connectivity index (χ3n) is 4.67. The van der Waals surface area contributed by atoms with E-state index in [1.165, 1.54) is 31.0 Å². The highest BCUT2D eigenvalue weighted by Gasteiger charge is 2.25. The summed E-state index contributed by atoms with van der Waals surface area (Å²) in [5, 5.41) is 13.6. The molecule has 32 heavy (non-hydrogen) atoms. The maximum absolute atomic E-state index is 13.3. The number of thioether (sulfide) groups is 1. The van der Waals surface area contributed by atoms with Crippen LogP contribution in [0.25, 0.3) is 0 Å². The van der Waals surface area contributed by atoms with Crippen molar-refractivity contribution in [1.82, 2.24) is 0 Å².